The number of carboxylic acids is 1. The molecule has 0 bridgehead atoms. The van der Waals surface area contributed by atoms with Gasteiger partial charge in [-0.2, -0.15) is 0 Å². The second kappa shape index (κ2) is 6.34. The second-order valence-electron chi connectivity index (χ2n) is 5.52. The van der Waals surface area contributed by atoms with Crippen LogP contribution in [0.1, 0.15) is 38.5 Å². The molecule has 4 N–H and O–H groups in total. The minimum atomic E-state index is -0.921. The Morgan fingerprint density at radius 2 is 1.84 bits per heavy atom. The Balaban J connectivity index is 1.68. The number of ether oxygens (including phenoxy) is 1. The smallest absolute Gasteiger partial charge is 0.332 e. The van der Waals surface area contributed by atoms with Crippen LogP contribution in [0.2, 0.25) is 0 Å². The number of nitrogens with one attached hydrogen (secondary N) is 1. The first-order valence-electron chi connectivity index (χ1n) is 6.98. The molecule has 2 aliphatic rings. The van der Waals surface area contributed by atoms with Crippen LogP contribution in [0.15, 0.2) is 0 Å². The predicted octanol–water partition coefficient (Wildman–Crippen LogP) is 0.252. The molecule has 1 aliphatic heterocycles. The highest BCUT2D eigenvalue weighted by Crippen LogP contribution is 2.24. The number of rotatable bonds is 4. The summed E-state index contributed by atoms with van der Waals surface area (Å²) in [4.78, 5) is 22.7. The standard InChI is InChI=1S/C13H22N2O4/c14-9-3-1-8(2-4-9)12(16)15-7-10-5-6-11(19-10)13(17)18/h8-11H,1-7,14H2,(H,15,16)(H,17,18). The third kappa shape index (κ3) is 3.91. The third-order valence-electron chi connectivity index (χ3n) is 4.03. The summed E-state index contributed by atoms with van der Waals surface area (Å²) >= 11 is 0. The molecule has 6 heteroatoms. The highest BCUT2D eigenvalue weighted by atomic mass is 16.5. The molecule has 2 unspecified atom stereocenters. The molecule has 1 heterocycles. The number of hydrogen-bond acceptors (Lipinski definition) is 4. The van der Waals surface area contributed by atoms with E-state index in [9.17, 15) is 9.59 Å². The zero-order chi connectivity index (χ0) is 13.8. The van der Waals surface area contributed by atoms with Gasteiger partial charge in [0.25, 0.3) is 0 Å². The molecule has 19 heavy (non-hydrogen) atoms. The highest BCUT2D eigenvalue weighted by Gasteiger charge is 2.31. The van der Waals surface area contributed by atoms with Gasteiger partial charge < -0.3 is 20.9 Å². The molecule has 0 aromatic carbocycles. The Kier molecular flexibility index (Phi) is 4.76. The zero-order valence-electron chi connectivity index (χ0n) is 11.0. The molecular formula is C13H22N2O4. The first-order valence-corrected chi connectivity index (χ1v) is 6.98. The maximum Gasteiger partial charge on any atom is 0.332 e. The van der Waals surface area contributed by atoms with Gasteiger partial charge in [-0.1, -0.05) is 0 Å². The molecule has 6 nitrogen and oxygen atoms in total. The van der Waals surface area contributed by atoms with Crippen LogP contribution in [0.4, 0.5) is 0 Å². The van der Waals surface area contributed by atoms with Gasteiger partial charge in [0.2, 0.25) is 5.91 Å². The van der Waals surface area contributed by atoms with Crippen LogP contribution in [0.3, 0.4) is 0 Å². The zero-order valence-corrected chi connectivity index (χ0v) is 11.0. The third-order valence-corrected chi connectivity index (χ3v) is 4.03. The number of carboxylic acid groups (broad SMARTS) is 1. The van der Waals surface area contributed by atoms with Crippen LogP contribution in [0, 0.1) is 5.92 Å². The van der Waals surface area contributed by atoms with Gasteiger partial charge in [-0.3, -0.25) is 4.79 Å². The Bertz CT molecular complexity index is 340. The van der Waals surface area contributed by atoms with Crippen molar-refractivity contribution in [3.63, 3.8) is 0 Å². The maximum absolute atomic E-state index is 12.0. The first kappa shape index (κ1) is 14.3. The molecule has 1 amide bonds. The van der Waals surface area contributed by atoms with E-state index in [-0.39, 0.29) is 24.0 Å². The van der Waals surface area contributed by atoms with Gasteiger partial charge in [0, 0.05) is 18.5 Å². The molecule has 0 aromatic rings. The van der Waals surface area contributed by atoms with E-state index in [4.69, 9.17) is 15.6 Å². The van der Waals surface area contributed by atoms with Crippen molar-refractivity contribution in [1.29, 1.82) is 0 Å². The van der Waals surface area contributed by atoms with Crippen LogP contribution < -0.4 is 11.1 Å². The molecule has 2 atom stereocenters. The number of amides is 1. The Morgan fingerprint density at radius 3 is 2.42 bits per heavy atom. The van der Waals surface area contributed by atoms with Crippen molar-refractivity contribution in [3.8, 4) is 0 Å². The van der Waals surface area contributed by atoms with Gasteiger partial charge in [0.15, 0.2) is 6.10 Å². The van der Waals surface area contributed by atoms with Crippen molar-refractivity contribution >= 4 is 11.9 Å². The fourth-order valence-electron chi connectivity index (χ4n) is 2.78. The molecule has 0 spiro atoms. The monoisotopic (exact) mass is 270 g/mol. The predicted molar refractivity (Wildman–Crippen MR) is 68.5 cm³/mol. The molecule has 2 rings (SSSR count). The first-order chi connectivity index (χ1) is 9.06. The van der Waals surface area contributed by atoms with Gasteiger partial charge in [-0.15, -0.1) is 0 Å². The molecule has 0 radical (unpaired) electrons. The fraction of sp³-hybridized carbons (Fsp3) is 0.846. The normalized spacial score (nSPS) is 35.0. The van der Waals surface area contributed by atoms with Gasteiger partial charge in [-0.25, -0.2) is 4.79 Å². The summed E-state index contributed by atoms with van der Waals surface area (Å²) in [5.74, 6) is -0.819. The van der Waals surface area contributed by atoms with E-state index in [1.165, 1.54) is 0 Å². The Morgan fingerprint density at radius 1 is 1.16 bits per heavy atom. The Hall–Kier alpha value is -1.14. The van der Waals surface area contributed by atoms with Crippen molar-refractivity contribution in [2.24, 2.45) is 11.7 Å². The second-order valence-corrected chi connectivity index (χ2v) is 5.52. The van der Waals surface area contributed by atoms with Crippen molar-refractivity contribution in [3.05, 3.63) is 0 Å². The lowest BCUT2D eigenvalue weighted by Gasteiger charge is -2.25. The van der Waals surface area contributed by atoms with Crippen LogP contribution in [0.25, 0.3) is 0 Å². The van der Waals surface area contributed by atoms with Crippen LogP contribution >= 0.6 is 0 Å². The van der Waals surface area contributed by atoms with E-state index in [0.717, 1.165) is 25.7 Å². The minimum Gasteiger partial charge on any atom is -0.479 e. The van der Waals surface area contributed by atoms with Gasteiger partial charge in [0.1, 0.15) is 0 Å². The van der Waals surface area contributed by atoms with Crippen molar-refractivity contribution in [2.45, 2.75) is 56.8 Å². The number of aliphatic carboxylic acids is 1. The topological polar surface area (TPSA) is 102 Å². The molecule has 1 saturated heterocycles. The van der Waals surface area contributed by atoms with Crippen LogP contribution in [0.5, 0.6) is 0 Å². The number of hydrogen-bond donors (Lipinski definition) is 3. The molecular weight excluding hydrogens is 248 g/mol. The number of carbonyl (C=O) groups is 2. The molecule has 1 aliphatic carbocycles. The summed E-state index contributed by atoms with van der Waals surface area (Å²) in [6.45, 7) is 0.408. The summed E-state index contributed by atoms with van der Waals surface area (Å²) in [7, 11) is 0. The summed E-state index contributed by atoms with van der Waals surface area (Å²) in [5, 5.41) is 11.7. The van der Waals surface area contributed by atoms with E-state index in [0.29, 0.717) is 19.4 Å². The van der Waals surface area contributed by atoms with Crippen LogP contribution in [-0.2, 0) is 14.3 Å². The molecule has 108 valence electrons. The van der Waals surface area contributed by atoms with E-state index >= 15 is 0 Å². The maximum atomic E-state index is 12.0. The lowest BCUT2D eigenvalue weighted by molar-refractivity contribution is -0.149. The summed E-state index contributed by atoms with van der Waals surface area (Å²) in [6, 6.07) is 0.235. The average Bonchev–Trinajstić information content (AvgIpc) is 2.86. The largest absolute Gasteiger partial charge is 0.479 e. The number of carbonyl (C=O) groups excluding carboxylic acids is 1. The summed E-state index contributed by atoms with van der Waals surface area (Å²) in [5.41, 5.74) is 5.81. The molecule has 1 saturated carbocycles. The quantitative estimate of drug-likeness (QED) is 0.680. The summed E-state index contributed by atoms with van der Waals surface area (Å²) < 4.78 is 5.34. The van der Waals surface area contributed by atoms with E-state index in [1.54, 1.807) is 0 Å². The molecule has 0 aromatic heterocycles. The van der Waals surface area contributed by atoms with E-state index < -0.39 is 12.1 Å². The van der Waals surface area contributed by atoms with E-state index in [1.807, 2.05) is 0 Å². The van der Waals surface area contributed by atoms with Crippen molar-refractivity contribution in [1.82, 2.24) is 5.32 Å². The van der Waals surface area contributed by atoms with Crippen molar-refractivity contribution in [2.75, 3.05) is 6.54 Å². The average molecular weight is 270 g/mol. The number of nitrogens with two attached hydrogens (primary N) is 1. The van der Waals surface area contributed by atoms with E-state index in [2.05, 4.69) is 5.32 Å². The Labute approximate surface area is 112 Å². The fourth-order valence-corrected chi connectivity index (χ4v) is 2.78. The van der Waals surface area contributed by atoms with Gasteiger partial charge in [0.05, 0.1) is 6.10 Å². The summed E-state index contributed by atoms with van der Waals surface area (Å²) in [6.07, 6.45) is 3.82. The van der Waals surface area contributed by atoms with Crippen LogP contribution in [-0.4, -0.2) is 41.8 Å². The minimum absolute atomic E-state index is 0.0503. The van der Waals surface area contributed by atoms with Gasteiger partial charge >= 0.3 is 5.97 Å². The SMILES string of the molecule is NC1CCC(C(=O)NCC2CCC(C(=O)O)O2)CC1. The lowest BCUT2D eigenvalue weighted by atomic mass is 9.86. The highest BCUT2D eigenvalue weighted by molar-refractivity contribution is 5.78. The van der Waals surface area contributed by atoms with Gasteiger partial charge in [-0.05, 0) is 38.5 Å². The lowest BCUT2D eigenvalue weighted by Crippen LogP contribution is -2.39. The van der Waals surface area contributed by atoms with Crippen molar-refractivity contribution < 1.29 is 19.4 Å². The molecule has 2 fully saturated rings.